The van der Waals surface area contributed by atoms with Crippen LogP contribution in [0.4, 0.5) is 11.4 Å². The first-order valence-electron chi connectivity index (χ1n) is 8.14. The third kappa shape index (κ3) is 5.72. The highest BCUT2D eigenvalue weighted by atomic mass is 35.5. The van der Waals surface area contributed by atoms with Crippen molar-refractivity contribution in [2.24, 2.45) is 4.99 Å². The number of carbonyl (C=O) groups is 1. The Bertz CT molecular complexity index is 1010. The average Bonchev–Trinajstić information content (AvgIpc) is 2.70. The lowest BCUT2D eigenvalue weighted by Gasteiger charge is -2.08. The van der Waals surface area contributed by atoms with Crippen LogP contribution in [-0.2, 0) is 4.79 Å². The quantitative estimate of drug-likeness (QED) is 0.264. The van der Waals surface area contributed by atoms with Crippen molar-refractivity contribution >= 4 is 70.1 Å². The van der Waals surface area contributed by atoms with Crippen LogP contribution < -0.4 is 5.32 Å². The number of hydrogen-bond acceptors (Lipinski definition) is 4. The molecule has 0 bridgehead atoms. The van der Waals surface area contributed by atoms with E-state index in [9.17, 15) is 4.79 Å². The largest absolute Gasteiger partial charge is 0.324 e. The number of anilines is 1. The number of nitrogens with zero attached hydrogens (tertiary/aromatic N) is 2. The summed E-state index contributed by atoms with van der Waals surface area (Å²) in [6.07, 6.45) is 3.29. The molecule has 0 aliphatic heterocycles. The molecule has 0 spiro atoms. The SMILES string of the molecule is O=C(CSc1ccc(N=Cc2cccnc2Cl)cc1)Nc1cccc(Cl)c1Cl. The maximum Gasteiger partial charge on any atom is 0.234 e. The van der Waals surface area contributed by atoms with E-state index in [4.69, 9.17) is 34.8 Å². The van der Waals surface area contributed by atoms with E-state index in [0.29, 0.717) is 20.9 Å². The molecule has 0 saturated carbocycles. The second kappa shape index (κ2) is 9.94. The van der Waals surface area contributed by atoms with Crippen LogP contribution in [0.1, 0.15) is 5.56 Å². The van der Waals surface area contributed by atoms with Gasteiger partial charge in [0.05, 0.1) is 27.2 Å². The van der Waals surface area contributed by atoms with Crippen molar-refractivity contribution in [3.8, 4) is 0 Å². The van der Waals surface area contributed by atoms with E-state index in [1.54, 1.807) is 36.7 Å². The lowest BCUT2D eigenvalue weighted by atomic mass is 10.3. The number of benzene rings is 2. The van der Waals surface area contributed by atoms with Gasteiger partial charge in [-0.25, -0.2) is 4.98 Å². The minimum absolute atomic E-state index is 0.164. The number of nitrogens with one attached hydrogen (secondary N) is 1. The zero-order valence-electron chi connectivity index (χ0n) is 14.4. The predicted molar refractivity (Wildman–Crippen MR) is 119 cm³/mol. The number of rotatable bonds is 6. The van der Waals surface area contributed by atoms with Gasteiger partial charge < -0.3 is 5.32 Å². The summed E-state index contributed by atoms with van der Waals surface area (Å²) >= 11 is 19.4. The van der Waals surface area contributed by atoms with Crippen LogP contribution in [0.5, 0.6) is 0 Å². The molecule has 1 amide bonds. The molecule has 28 heavy (non-hydrogen) atoms. The molecule has 0 unspecified atom stereocenters. The van der Waals surface area contributed by atoms with Crippen molar-refractivity contribution in [1.29, 1.82) is 0 Å². The summed E-state index contributed by atoms with van der Waals surface area (Å²) in [6, 6.07) is 16.3. The van der Waals surface area contributed by atoms with Crippen LogP contribution in [0.25, 0.3) is 0 Å². The van der Waals surface area contributed by atoms with Gasteiger partial charge in [0.15, 0.2) is 0 Å². The van der Waals surface area contributed by atoms with E-state index in [1.165, 1.54) is 11.8 Å². The van der Waals surface area contributed by atoms with Crippen LogP contribution in [0.15, 0.2) is 70.7 Å². The highest BCUT2D eigenvalue weighted by molar-refractivity contribution is 8.00. The third-order valence-corrected chi connectivity index (χ3v) is 5.72. The van der Waals surface area contributed by atoms with Crippen molar-refractivity contribution in [1.82, 2.24) is 4.98 Å². The first-order valence-corrected chi connectivity index (χ1v) is 10.3. The monoisotopic (exact) mass is 449 g/mol. The van der Waals surface area contributed by atoms with E-state index in [-0.39, 0.29) is 11.7 Å². The van der Waals surface area contributed by atoms with Gasteiger partial charge in [-0.3, -0.25) is 9.79 Å². The number of pyridine rings is 1. The lowest BCUT2D eigenvalue weighted by Crippen LogP contribution is -2.14. The number of thioether (sulfide) groups is 1. The summed E-state index contributed by atoms with van der Waals surface area (Å²) in [5.41, 5.74) is 2.02. The van der Waals surface area contributed by atoms with Gasteiger partial charge in [-0.1, -0.05) is 40.9 Å². The number of halogens is 3. The highest BCUT2D eigenvalue weighted by Crippen LogP contribution is 2.30. The maximum atomic E-state index is 12.1. The van der Waals surface area contributed by atoms with Crippen molar-refractivity contribution in [2.45, 2.75) is 4.90 Å². The van der Waals surface area contributed by atoms with Gasteiger partial charge in [-0.2, -0.15) is 0 Å². The Balaban J connectivity index is 1.55. The van der Waals surface area contributed by atoms with Gasteiger partial charge in [0.2, 0.25) is 5.91 Å². The molecule has 2 aromatic carbocycles. The molecule has 0 fully saturated rings. The highest BCUT2D eigenvalue weighted by Gasteiger charge is 2.09. The van der Waals surface area contributed by atoms with Gasteiger partial charge in [-0.05, 0) is 48.5 Å². The topological polar surface area (TPSA) is 54.4 Å². The minimum atomic E-state index is -0.164. The second-order valence-electron chi connectivity index (χ2n) is 5.57. The predicted octanol–water partition coefficient (Wildman–Crippen LogP) is 6.52. The summed E-state index contributed by atoms with van der Waals surface area (Å²) in [7, 11) is 0. The molecule has 142 valence electrons. The van der Waals surface area contributed by atoms with Crippen molar-refractivity contribution in [2.75, 3.05) is 11.1 Å². The van der Waals surface area contributed by atoms with Crippen LogP contribution >= 0.6 is 46.6 Å². The second-order valence-corrected chi connectivity index (χ2v) is 7.77. The summed E-state index contributed by atoms with van der Waals surface area (Å²) in [5, 5.41) is 3.90. The van der Waals surface area contributed by atoms with E-state index >= 15 is 0 Å². The summed E-state index contributed by atoms with van der Waals surface area (Å²) < 4.78 is 0. The smallest absolute Gasteiger partial charge is 0.234 e. The molecular weight excluding hydrogens is 437 g/mol. The standard InChI is InChI=1S/C20H14Cl3N3OS/c21-16-4-1-5-17(19(16)22)26-18(27)12-28-15-8-6-14(7-9-15)25-11-13-3-2-10-24-20(13)23/h1-11H,12H2,(H,26,27). The van der Waals surface area contributed by atoms with E-state index in [2.05, 4.69) is 15.3 Å². The fraction of sp³-hybridized carbons (Fsp3) is 0.0500. The maximum absolute atomic E-state index is 12.1. The summed E-state index contributed by atoms with van der Waals surface area (Å²) in [5.74, 6) is 0.0824. The van der Waals surface area contributed by atoms with Crippen molar-refractivity contribution < 1.29 is 4.79 Å². The molecular formula is C20H14Cl3N3OS. The van der Waals surface area contributed by atoms with E-state index in [1.807, 2.05) is 30.3 Å². The van der Waals surface area contributed by atoms with Crippen LogP contribution in [0.2, 0.25) is 15.2 Å². The first kappa shape index (κ1) is 20.7. The van der Waals surface area contributed by atoms with E-state index < -0.39 is 0 Å². The van der Waals surface area contributed by atoms with Crippen LogP contribution in [0, 0.1) is 0 Å². The normalized spacial score (nSPS) is 11.0. The Kier molecular flexibility index (Phi) is 7.34. The lowest BCUT2D eigenvalue weighted by molar-refractivity contribution is -0.113. The van der Waals surface area contributed by atoms with Crippen molar-refractivity contribution in [3.63, 3.8) is 0 Å². The van der Waals surface area contributed by atoms with Gasteiger partial charge in [-0.15, -0.1) is 11.8 Å². The van der Waals surface area contributed by atoms with Crippen LogP contribution in [-0.4, -0.2) is 22.9 Å². The zero-order chi connectivity index (χ0) is 19.9. The summed E-state index contributed by atoms with van der Waals surface area (Å²) in [4.78, 5) is 21.5. The van der Waals surface area contributed by atoms with Crippen molar-refractivity contribution in [3.05, 3.63) is 81.6 Å². The third-order valence-electron chi connectivity index (χ3n) is 3.57. The van der Waals surface area contributed by atoms with Gasteiger partial charge in [0.25, 0.3) is 0 Å². The molecule has 0 radical (unpaired) electrons. The van der Waals surface area contributed by atoms with Gasteiger partial charge in [0, 0.05) is 22.9 Å². The molecule has 4 nitrogen and oxygen atoms in total. The zero-order valence-corrected chi connectivity index (χ0v) is 17.5. The molecule has 3 aromatic rings. The number of amides is 1. The Morgan fingerprint density at radius 2 is 1.86 bits per heavy atom. The molecule has 1 aromatic heterocycles. The first-order chi connectivity index (χ1) is 13.5. The van der Waals surface area contributed by atoms with Gasteiger partial charge >= 0.3 is 0 Å². The fourth-order valence-electron chi connectivity index (χ4n) is 2.20. The Morgan fingerprint density at radius 3 is 2.61 bits per heavy atom. The number of aromatic nitrogens is 1. The summed E-state index contributed by atoms with van der Waals surface area (Å²) in [6.45, 7) is 0. The molecule has 0 aliphatic carbocycles. The molecule has 0 atom stereocenters. The molecule has 1 heterocycles. The molecule has 8 heteroatoms. The molecule has 0 aliphatic rings. The number of aliphatic imine (C=N–C) groups is 1. The number of hydrogen-bond donors (Lipinski definition) is 1. The van der Waals surface area contributed by atoms with Gasteiger partial charge in [0.1, 0.15) is 5.15 Å². The Labute approximate surface area is 181 Å². The average molecular weight is 451 g/mol. The molecule has 1 N–H and O–H groups in total. The number of carbonyl (C=O) groups excluding carboxylic acids is 1. The Morgan fingerprint density at radius 1 is 1.07 bits per heavy atom. The fourth-order valence-corrected chi connectivity index (χ4v) is 3.42. The minimum Gasteiger partial charge on any atom is -0.324 e. The van der Waals surface area contributed by atoms with E-state index in [0.717, 1.165) is 16.1 Å². The Hall–Kier alpha value is -2.05. The van der Waals surface area contributed by atoms with Crippen LogP contribution in [0.3, 0.4) is 0 Å². The molecule has 0 saturated heterocycles. The molecule has 3 rings (SSSR count).